The van der Waals surface area contributed by atoms with E-state index in [0.717, 1.165) is 11.4 Å². The fourth-order valence-electron chi connectivity index (χ4n) is 1.26. The number of hydrogen-bond donors (Lipinski definition) is 1. The molecule has 0 amide bonds. The molecule has 5 heteroatoms. The van der Waals surface area contributed by atoms with E-state index in [1.165, 1.54) is 0 Å². The van der Waals surface area contributed by atoms with E-state index < -0.39 is 0 Å². The van der Waals surface area contributed by atoms with Crippen molar-refractivity contribution in [2.24, 2.45) is 5.73 Å². The van der Waals surface area contributed by atoms with Crippen molar-refractivity contribution in [1.29, 1.82) is 0 Å². The van der Waals surface area contributed by atoms with Crippen LogP contribution in [0.15, 0.2) is 28.9 Å². The Kier molecular flexibility index (Phi) is 3.16. The maximum atomic E-state index is 5.47. The number of hydrogen-bond acceptors (Lipinski definition) is 5. The number of pyridine rings is 1. The van der Waals surface area contributed by atoms with Crippen molar-refractivity contribution in [2.45, 2.75) is 20.1 Å². The molecule has 2 aromatic heterocycles. The average Bonchev–Trinajstić information content (AvgIpc) is 2.73. The highest BCUT2D eigenvalue weighted by Crippen LogP contribution is 2.12. The van der Waals surface area contributed by atoms with Gasteiger partial charge in [-0.2, -0.15) is 0 Å². The molecular weight excluding hydrogens is 206 g/mol. The highest BCUT2D eigenvalue weighted by molar-refractivity contribution is 5.20. The highest BCUT2D eigenvalue weighted by Gasteiger charge is 2.02. The lowest BCUT2D eigenvalue weighted by Crippen LogP contribution is -2.00. The maximum Gasteiger partial charge on any atom is 0.174 e. The molecule has 0 saturated heterocycles. The number of rotatable bonds is 4. The van der Waals surface area contributed by atoms with Gasteiger partial charge in [0.25, 0.3) is 0 Å². The third-order valence-electron chi connectivity index (χ3n) is 2.06. The number of nitrogens with two attached hydrogens (primary N) is 1. The zero-order chi connectivity index (χ0) is 11.4. The SMILES string of the molecule is Cc1cc(COc2ccc(CN)nc2)on1. The van der Waals surface area contributed by atoms with Gasteiger partial charge in [-0.15, -0.1) is 0 Å². The molecule has 0 aliphatic carbocycles. The molecule has 0 aliphatic heterocycles. The Morgan fingerprint density at radius 2 is 2.31 bits per heavy atom. The van der Waals surface area contributed by atoms with Crippen molar-refractivity contribution < 1.29 is 9.26 Å². The van der Waals surface area contributed by atoms with Crippen molar-refractivity contribution in [3.8, 4) is 5.75 Å². The van der Waals surface area contributed by atoms with Crippen LogP contribution in [0.4, 0.5) is 0 Å². The van der Waals surface area contributed by atoms with Gasteiger partial charge in [0.05, 0.1) is 17.6 Å². The summed E-state index contributed by atoms with van der Waals surface area (Å²) < 4.78 is 10.5. The molecule has 0 atom stereocenters. The van der Waals surface area contributed by atoms with Crippen LogP contribution in [0.3, 0.4) is 0 Å². The minimum Gasteiger partial charge on any atom is -0.484 e. The van der Waals surface area contributed by atoms with Gasteiger partial charge >= 0.3 is 0 Å². The Balaban J connectivity index is 1.94. The molecule has 0 radical (unpaired) electrons. The lowest BCUT2D eigenvalue weighted by Gasteiger charge is -2.03. The zero-order valence-electron chi connectivity index (χ0n) is 9.01. The van der Waals surface area contributed by atoms with E-state index in [1.807, 2.05) is 25.1 Å². The molecule has 84 valence electrons. The standard InChI is InChI=1S/C11H13N3O2/c1-8-4-11(16-14-8)7-15-10-3-2-9(5-12)13-6-10/h2-4,6H,5,7,12H2,1H3. The normalized spacial score (nSPS) is 10.4. The fourth-order valence-corrected chi connectivity index (χ4v) is 1.26. The Bertz CT molecular complexity index is 451. The summed E-state index contributed by atoms with van der Waals surface area (Å²) in [6.45, 7) is 2.65. The molecule has 0 bridgehead atoms. The monoisotopic (exact) mass is 219 g/mol. The first-order valence-electron chi connectivity index (χ1n) is 4.98. The summed E-state index contributed by atoms with van der Waals surface area (Å²) in [5.41, 5.74) is 7.12. The van der Waals surface area contributed by atoms with E-state index in [9.17, 15) is 0 Å². The third kappa shape index (κ3) is 2.58. The van der Waals surface area contributed by atoms with Crippen molar-refractivity contribution in [3.05, 3.63) is 41.5 Å². The lowest BCUT2D eigenvalue weighted by atomic mass is 10.3. The zero-order valence-corrected chi connectivity index (χ0v) is 9.01. The Hall–Kier alpha value is -1.88. The first-order chi connectivity index (χ1) is 7.78. The first-order valence-corrected chi connectivity index (χ1v) is 4.98. The van der Waals surface area contributed by atoms with Crippen LogP contribution in [0.5, 0.6) is 5.75 Å². The number of aromatic nitrogens is 2. The minimum atomic E-state index is 0.352. The fraction of sp³-hybridized carbons (Fsp3) is 0.273. The minimum absolute atomic E-state index is 0.352. The van der Waals surface area contributed by atoms with Gasteiger partial charge in [-0.25, -0.2) is 0 Å². The molecular formula is C11H13N3O2. The second-order valence-corrected chi connectivity index (χ2v) is 3.41. The summed E-state index contributed by atoms with van der Waals surface area (Å²) >= 11 is 0. The molecule has 0 spiro atoms. The quantitative estimate of drug-likeness (QED) is 0.841. The largest absolute Gasteiger partial charge is 0.484 e. The molecule has 0 saturated carbocycles. The van der Waals surface area contributed by atoms with Crippen molar-refractivity contribution >= 4 is 0 Å². The molecule has 2 aromatic rings. The van der Waals surface area contributed by atoms with E-state index in [1.54, 1.807) is 6.20 Å². The number of ether oxygens (including phenoxy) is 1. The Morgan fingerprint density at radius 1 is 1.44 bits per heavy atom. The second kappa shape index (κ2) is 4.76. The lowest BCUT2D eigenvalue weighted by molar-refractivity contribution is 0.248. The van der Waals surface area contributed by atoms with E-state index in [-0.39, 0.29) is 0 Å². The van der Waals surface area contributed by atoms with E-state index in [4.69, 9.17) is 15.0 Å². The van der Waals surface area contributed by atoms with Gasteiger partial charge < -0.3 is 15.0 Å². The van der Waals surface area contributed by atoms with Crippen LogP contribution in [0, 0.1) is 6.92 Å². The molecule has 0 unspecified atom stereocenters. The smallest absolute Gasteiger partial charge is 0.174 e. The van der Waals surface area contributed by atoms with Crippen LogP contribution in [0.25, 0.3) is 0 Å². The molecule has 5 nitrogen and oxygen atoms in total. The summed E-state index contributed by atoms with van der Waals surface area (Å²) in [6, 6.07) is 5.50. The van der Waals surface area contributed by atoms with Crippen molar-refractivity contribution in [3.63, 3.8) is 0 Å². The third-order valence-corrected chi connectivity index (χ3v) is 2.06. The van der Waals surface area contributed by atoms with Gasteiger partial charge in [-0.1, -0.05) is 5.16 Å². The van der Waals surface area contributed by atoms with E-state index in [0.29, 0.717) is 24.7 Å². The molecule has 16 heavy (non-hydrogen) atoms. The predicted molar refractivity (Wildman–Crippen MR) is 57.7 cm³/mol. The molecule has 0 aliphatic rings. The first kappa shape index (κ1) is 10.6. The summed E-state index contributed by atoms with van der Waals surface area (Å²) in [6.07, 6.45) is 1.64. The highest BCUT2D eigenvalue weighted by atomic mass is 16.5. The van der Waals surface area contributed by atoms with Crippen LogP contribution in [-0.2, 0) is 13.2 Å². The number of nitrogens with zero attached hydrogens (tertiary/aromatic N) is 2. The van der Waals surface area contributed by atoms with Crippen LogP contribution in [-0.4, -0.2) is 10.1 Å². The van der Waals surface area contributed by atoms with E-state index in [2.05, 4.69) is 10.1 Å². The predicted octanol–water partition coefficient (Wildman–Crippen LogP) is 1.42. The van der Waals surface area contributed by atoms with Crippen LogP contribution < -0.4 is 10.5 Å². The van der Waals surface area contributed by atoms with E-state index >= 15 is 0 Å². The Labute approximate surface area is 93.2 Å². The average molecular weight is 219 g/mol. The van der Waals surface area contributed by atoms with Crippen LogP contribution in [0.2, 0.25) is 0 Å². The van der Waals surface area contributed by atoms with Crippen LogP contribution in [0.1, 0.15) is 17.1 Å². The summed E-state index contributed by atoms with van der Waals surface area (Å²) in [5.74, 6) is 1.38. The summed E-state index contributed by atoms with van der Waals surface area (Å²) in [7, 11) is 0. The van der Waals surface area contributed by atoms with Crippen molar-refractivity contribution in [1.82, 2.24) is 10.1 Å². The Morgan fingerprint density at radius 3 is 2.88 bits per heavy atom. The van der Waals surface area contributed by atoms with Gasteiger partial charge in [0.2, 0.25) is 0 Å². The van der Waals surface area contributed by atoms with Gasteiger partial charge in [-0.3, -0.25) is 4.98 Å². The van der Waals surface area contributed by atoms with Gasteiger partial charge in [-0.05, 0) is 19.1 Å². The maximum absolute atomic E-state index is 5.47. The van der Waals surface area contributed by atoms with Gasteiger partial charge in [0, 0.05) is 12.6 Å². The summed E-state index contributed by atoms with van der Waals surface area (Å²) in [4.78, 5) is 4.12. The van der Waals surface area contributed by atoms with Gasteiger partial charge in [0.15, 0.2) is 5.76 Å². The molecule has 2 N–H and O–H groups in total. The van der Waals surface area contributed by atoms with Gasteiger partial charge in [0.1, 0.15) is 12.4 Å². The topological polar surface area (TPSA) is 74.2 Å². The van der Waals surface area contributed by atoms with Crippen molar-refractivity contribution in [2.75, 3.05) is 0 Å². The second-order valence-electron chi connectivity index (χ2n) is 3.41. The molecule has 2 heterocycles. The molecule has 0 aromatic carbocycles. The molecule has 0 fully saturated rings. The summed E-state index contributed by atoms with van der Waals surface area (Å²) in [5, 5.41) is 3.77. The number of aryl methyl sites for hydroxylation is 1. The molecule has 2 rings (SSSR count). The van der Waals surface area contributed by atoms with Crippen LogP contribution >= 0.6 is 0 Å².